The Bertz CT molecular complexity index is 473. The zero-order valence-electron chi connectivity index (χ0n) is 14.0. The van der Waals surface area contributed by atoms with Crippen LogP contribution < -0.4 is 10.6 Å². The molecule has 0 aliphatic heterocycles. The van der Waals surface area contributed by atoms with Crippen molar-refractivity contribution in [2.24, 2.45) is 5.41 Å². The Labute approximate surface area is 133 Å². The third kappa shape index (κ3) is 7.43. The maximum atomic E-state index is 11.9. The summed E-state index contributed by atoms with van der Waals surface area (Å²) in [6, 6.07) is 7.37. The maximum Gasteiger partial charge on any atom is 0.319 e. The number of aliphatic hydroxyl groups excluding tert-OH is 1. The standard InChI is InChI=1S/C17H28N2O3/c1-13(2)22-11-14-6-5-7-15(10-14)19-16(21)18-12-17(3,4)8-9-20/h5-7,10,13,20H,8-9,11-12H2,1-4H3,(H2,18,19,21). The molecule has 0 unspecified atom stereocenters. The average Bonchev–Trinajstić information content (AvgIpc) is 2.43. The van der Waals surface area contributed by atoms with E-state index in [1.54, 1.807) is 0 Å². The molecule has 1 aromatic rings. The lowest BCUT2D eigenvalue weighted by molar-refractivity contribution is 0.0657. The van der Waals surface area contributed by atoms with Crippen molar-refractivity contribution >= 4 is 11.7 Å². The molecule has 0 aliphatic carbocycles. The van der Waals surface area contributed by atoms with Gasteiger partial charge in [0.1, 0.15) is 0 Å². The summed E-state index contributed by atoms with van der Waals surface area (Å²) in [4.78, 5) is 11.9. The van der Waals surface area contributed by atoms with Gasteiger partial charge in [-0.3, -0.25) is 0 Å². The lowest BCUT2D eigenvalue weighted by atomic mass is 9.90. The molecule has 0 aromatic heterocycles. The molecule has 5 heteroatoms. The molecular formula is C17H28N2O3. The highest BCUT2D eigenvalue weighted by molar-refractivity contribution is 5.89. The summed E-state index contributed by atoms with van der Waals surface area (Å²) < 4.78 is 5.55. The highest BCUT2D eigenvalue weighted by atomic mass is 16.5. The van der Waals surface area contributed by atoms with Gasteiger partial charge in [0.05, 0.1) is 12.7 Å². The molecule has 5 nitrogen and oxygen atoms in total. The van der Waals surface area contributed by atoms with Crippen molar-refractivity contribution in [2.45, 2.75) is 46.8 Å². The van der Waals surface area contributed by atoms with Crippen LogP contribution in [0.3, 0.4) is 0 Å². The van der Waals surface area contributed by atoms with Crippen LogP contribution in [0.4, 0.5) is 10.5 Å². The van der Waals surface area contributed by atoms with Crippen molar-refractivity contribution < 1.29 is 14.6 Å². The van der Waals surface area contributed by atoms with Gasteiger partial charge in [0, 0.05) is 18.8 Å². The molecular weight excluding hydrogens is 280 g/mol. The molecule has 0 radical (unpaired) electrons. The Kier molecular flexibility index (Phi) is 7.35. The summed E-state index contributed by atoms with van der Waals surface area (Å²) in [5.41, 5.74) is 1.63. The molecule has 0 aliphatic rings. The van der Waals surface area contributed by atoms with Crippen LogP contribution >= 0.6 is 0 Å². The second kappa shape index (κ2) is 8.76. The third-order valence-corrected chi connectivity index (χ3v) is 3.28. The number of carbonyl (C=O) groups excluding carboxylic acids is 1. The van der Waals surface area contributed by atoms with E-state index >= 15 is 0 Å². The number of amides is 2. The number of carbonyl (C=O) groups is 1. The smallest absolute Gasteiger partial charge is 0.319 e. The monoisotopic (exact) mass is 308 g/mol. The predicted molar refractivity (Wildman–Crippen MR) is 88.9 cm³/mol. The molecule has 0 atom stereocenters. The molecule has 1 rings (SSSR count). The number of hydrogen-bond acceptors (Lipinski definition) is 3. The summed E-state index contributed by atoms with van der Waals surface area (Å²) in [7, 11) is 0. The first kappa shape index (κ1) is 18.5. The molecule has 0 fully saturated rings. The van der Waals surface area contributed by atoms with Crippen molar-refractivity contribution in [2.75, 3.05) is 18.5 Å². The first-order valence-corrected chi connectivity index (χ1v) is 7.69. The van der Waals surface area contributed by atoms with Gasteiger partial charge < -0.3 is 20.5 Å². The summed E-state index contributed by atoms with van der Waals surface area (Å²) in [5, 5.41) is 14.6. The van der Waals surface area contributed by atoms with Gasteiger partial charge in [-0.25, -0.2) is 4.79 Å². The number of anilines is 1. The Morgan fingerprint density at radius 2 is 2.09 bits per heavy atom. The maximum absolute atomic E-state index is 11.9. The van der Waals surface area contributed by atoms with Crippen LogP contribution in [0.15, 0.2) is 24.3 Å². The lowest BCUT2D eigenvalue weighted by Crippen LogP contribution is -2.37. The summed E-state index contributed by atoms with van der Waals surface area (Å²) >= 11 is 0. The number of benzene rings is 1. The summed E-state index contributed by atoms with van der Waals surface area (Å²) in [6.45, 7) is 9.15. The van der Waals surface area contributed by atoms with Crippen LogP contribution in [-0.4, -0.2) is 30.4 Å². The zero-order chi connectivity index (χ0) is 16.6. The second-order valence-corrected chi connectivity index (χ2v) is 6.51. The van der Waals surface area contributed by atoms with Crippen LogP contribution in [-0.2, 0) is 11.3 Å². The Hall–Kier alpha value is -1.59. The first-order chi connectivity index (χ1) is 10.3. The Balaban J connectivity index is 2.49. The molecule has 1 aromatic carbocycles. The van der Waals surface area contributed by atoms with E-state index in [4.69, 9.17) is 9.84 Å². The Morgan fingerprint density at radius 1 is 1.36 bits per heavy atom. The summed E-state index contributed by atoms with van der Waals surface area (Å²) in [6.07, 6.45) is 0.823. The molecule has 0 saturated heterocycles. The van der Waals surface area contributed by atoms with Crippen LogP contribution in [0.5, 0.6) is 0 Å². The van der Waals surface area contributed by atoms with Crippen LogP contribution in [0.2, 0.25) is 0 Å². The van der Waals surface area contributed by atoms with Gasteiger partial charge in [0.15, 0.2) is 0 Å². The van der Waals surface area contributed by atoms with Crippen molar-refractivity contribution in [3.8, 4) is 0 Å². The van der Waals surface area contributed by atoms with Gasteiger partial charge in [-0.2, -0.15) is 0 Å². The van der Waals surface area contributed by atoms with Crippen LogP contribution in [0.1, 0.15) is 39.7 Å². The number of nitrogens with one attached hydrogen (secondary N) is 2. The van der Waals surface area contributed by atoms with Crippen molar-refractivity contribution in [1.82, 2.24) is 5.32 Å². The third-order valence-electron chi connectivity index (χ3n) is 3.28. The van der Waals surface area contributed by atoms with Crippen LogP contribution in [0.25, 0.3) is 0 Å². The van der Waals surface area contributed by atoms with Crippen LogP contribution in [0, 0.1) is 5.41 Å². The lowest BCUT2D eigenvalue weighted by Gasteiger charge is -2.23. The van der Waals surface area contributed by atoms with Crippen molar-refractivity contribution in [3.63, 3.8) is 0 Å². The number of aliphatic hydroxyl groups is 1. The fraction of sp³-hybridized carbons (Fsp3) is 0.588. The highest BCUT2D eigenvalue weighted by Crippen LogP contribution is 2.18. The molecule has 3 N–H and O–H groups in total. The van der Waals surface area contributed by atoms with Gasteiger partial charge in [-0.1, -0.05) is 26.0 Å². The summed E-state index contributed by atoms with van der Waals surface area (Å²) in [5.74, 6) is 0. The molecule has 22 heavy (non-hydrogen) atoms. The fourth-order valence-corrected chi connectivity index (χ4v) is 1.89. The van der Waals surface area contributed by atoms with Gasteiger partial charge in [-0.15, -0.1) is 0 Å². The second-order valence-electron chi connectivity index (χ2n) is 6.51. The van der Waals surface area contributed by atoms with Gasteiger partial charge in [0.25, 0.3) is 0 Å². The Morgan fingerprint density at radius 3 is 2.73 bits per heavy atom. The number of hydrogen-bond donors (Lipinski definition) is 3. The molecule has 0 saturated carbocycles. The van der Waals surface area contributed by atoms with E-state index in [1.807, 2.05) is 52.0 Å². The minimum Gasteiger partial charge on any atom is -0.396 e. The number of rotatable bonds is 8. The molecule has 0 heterocycles. The van der Waals surface area contributed by atoms with E-state index in [-0.39, 0.29) is 24.2 Å². The van der Waals surface area contributed by atoms with E-state index in [9.17, 15) is 4.79 Å². The largest absolute Gasteiger partial charge is 0.396 e. The minimum absolute atomic E-state index is 0.119. The van der Waals surface area contributed by atoms with Gasteiger partial charge in [0.2, 0.25) is 0 Å². The quantitative estimate of drug-likeness (QED) is 0.691. The van der Waals surface area contributed by atoms with E-state index in [0.29, 0.717) is 19.6 Å². The molecule has 0 bridgehead atoms. The van der Waals surface area contributed by atoms with Gasteiger partial charge in [-0.05, 0) is 43.4 Å². The molecule has 2 amide bonds. The zero-order valence-corrected chi connectivity index (χ0v) is 14.0. The van der Waals surface area contributed by atoms with E-state index in [1.165, 1.54) is 0 Å². The molecule has 124 valence electrons. The predicted octanol–water partition coefficient (Wildman–Crippen LogP) is 3.14. The fourth-order valence-electron chi connectivity index (χ4n) is 1.89. The SMILES string of the molecule is CC(C)OCc1cccc(NC(=O)NCC(C)(C)CCO)c1. The van der Waals surface area contributed by atoms with E-state index < -0.39 is 0 Å². The topological polar surface area (TPSA) is 70.6 Å². The van der Waals surface area contributed by atoms with Crippen molar-refractivity contribution in [3.05, 3.63) is 29.8 Å². The number of ether oxygens (including phenoxy) is 1. The number of urea groups is 1. The minimum atomic E-state index is -0.243. The molecule has 0 spiro atoms. The van der Waals surface area contributed by atoms with E-state index in [0.717, 1.165) is 11.3 Å². The normalized spacial score (nSPS) is 11.5. The van der Waals surface area contributed by atoms with Crippen molar-refractivity contribution in [1.29, 1.82) is 0 Å². The van der Waals surface area contributed by atoms with E-state index in [2.05, 4.69) is 10.6 Å². The highest BCUT2D eigenvalue weighted by Gasteiger charge is 2.18. The van der Waals surface area contributed by atoms with Gasteiger partial charge >= 0.3 is 6.03 Å². The first-order valence-electron chi connectivity index (χ1n) is 7.69. The average molecular weight is 308 g/mol.